The van der Waals surface area contributed by atoms with E-state index in [4.69, 9.17) is 4.74 Å². The molecule has 2 atom stereocenters. The Balaban J connectivity index is 4.22. The van der Waals surface area contributed by atoms with Crippen molar-refractivity contribution in [2.45, 2.75) is 53.1 Å². The van der Waals surface area contributed by atoms with Gasteiger partial charge in [-0.05, 0) is 25.2 Å². The zero-order valence-corrected chi connectivity index (χ0v) is 10.8. The van der Waals surface area contributed by atoms with Crippen LogP contribution in [0.3, 0.4) is 0 Å². The van der Waals surface area contributed by atoms with Gasteiger partial charge in [0.05, 0.1) is 7.11 Å². The van der Waals surface area contributed by atoms with E-state index in [-0.39, 0.29) is 17.9 Å². The van der Waals surface area contributed by atoms with E-state index in [2.05, 4.69) is 26.1 Å². The van der Waals surface area contributed by atoms with Crippen molar-refractivity contribution in [2.24, 2.45) is 11.8 Å². The molecule has 1 N–H and O–H groups in total. The number of hydrogen-bond acceptors (Lipinski definition) is 3. The average Bonchev–Trinajstić information content (AvgIpc) is 2.11. The maximum absolute atomic E-state index is 11.5. The molecule has 15 heavy (non-hydrogen) atoms. The second-order valence-corrected chi connectivity index (χ2v) is 4.94. The van der Waals surface area contributed by atoms with Crippen LogP contribution in [0, 0.1) is 11.8 Å². The van der Waals surface area contributed by atoms with Gasteiger partial charge in [0.15, 0.2) is 0 Å². The monoisotopic (exact) mass is 215 g/mol. The van der Waals surface area contributed by atoms with Gasteiger partial charge in [-0.3, -0.25) is 4.79 Å². The fourth-order valence-corrected chi connectivity index (χ4v) is 1.74. The van der Waals surface area contributed by atoms with Gasteiger partial charge >= 0.3 is 5.97 Å². The zero-order valence-electron chi connectivity index (χ0n) is 10.8. The minimum Gasteiger partial charge on any atom is -0.468 e. The van der Waals surface area contributed by atoms with Gasteiger partial charge in [0.2, 0.25) is 0 Å². The van der Waals surface area contributed by atoms with Gasteiger partial charge in [-0.25, -0.2) is 0 Å². The Morgan fingerprint density at radius 3 is 2.07 bits per heavy atom. The summed E-state index contributed by atoms with van der Waals surface area (Å²) in [5, 5.41) is 3.32. The van der Waals surface area contributed by atoms with Gasteiger partial charge in [-0.1, -0.05) is 27.7 Å². The van der Waals surface area contributed by atoms with Crippen molar-refractivity contribution in [3.63, 3.8) is 0 Å². The minimum absolute atomic E-state index is 0.166. The highest BCUT2D eigenvalue weighted by molar-refractivity contribution is 5.75. The highest BCUT2D eigenvalue weighted by Gasteiger charge is 2.24. The Labute approximate surface area is 93.6 Å². The lowest BCUT2D eigenvalue weighted by atomic mass is 10.00. The Bertz CT molecular complexity index is 190. The van der Waals surface area contributed by atoms with Gasteiger partial charge < -0.3 is 10.1 Å². The number of rotatable bonds is 6. The Kier molecular flexibility index (Phi) is 6.57. The number of ether oxygens (including phenoxy) is 1. The van der Waals surface area contributed by atoms with Gasteiger partial charge in [0, 0.05) is 6.04 Å². The van der Waals surface area contributed by atoms with Crippen LogP contribution in [0.4, 0.5) is 0 Å². The first-order valence-electron chi connectivity index (χ1n) is 5.72. The molecule has 0 rings (SSSR count). The number of carbonyl (C=O) groups is 1. The lowest BCUT2D eigenvalue weighted by Gasteiger charge is -2.25. The van der Waals surface area contributed by atoms with Crippen molar-refractivity contribution in [3.8, 4) is 0 Å². The third-order valence-corrected chi connectivity index (χ3v) is 2.41. The van der Waals surface area contributed by atoms with Crippen LogP contribution in [0.1, 0.15) is 41.0 Å². The highest BCUT2D eigenvalue weighted by atomic mass is 16.5. The number of nitrogens with one attached hydrogen (secondary N) is 1. The molecule has 0 fully saturated rings. The van der Waals surface area contributed by atoms with E-state index in [1.807, 2.05) is 13.8 Å². The van der Waals surface area contributed by atoms with Crippen molar-refractivity contribution < 1.29 is 9.53 Å². The highest BCUT2D eigenvalue weighted by Crippen LogP contribution is 2.09. The van der Waals surface area contributed by atoms with E-state index in [0.29, 0.717) is 12.0 Å². The summed E-state index contributed by atoms with van der Waals surface area (Å²) in [6.07, 6.45) is 1.07. The molecule has 0 aromatic carbocycles. The third-order valence-electron chi connectivity index (χ3n) is 2.41. The molecule has 0 aromatic rings. The fraction of sp³-hybridized carbons (Fsp3) is 0.917. The summed E-state index contributed by atoms with van der Waals surface area (Å²) in [5.74, 6) is 0.727. The second kappa shape index (κ2) is 6.83. The van der Waals surface area contributed by atoms with Crippen LogP contribution >= 0.6 is 0 Å². The van der Waals surface area contributed by atoms with Crippen LogP contribution in [-0.4, -0.2) is 25.2 Å². The van der Waals surface area contributed by atoms with Gasteiger partial charge in [-0.2, -0.15) is 0 Å². The Hall–Kier alpha value is -0.570. The van der Waals surface area contributed by atoms with Crippen LogP contribution in [0.15, 0.2) is 0 Å². The Morgan fingerprint density at radius 1 is 1.20 bits per heavy atom. The van der Waals surface area contributed by atoms with E-state index in [0.717, 1.165) is 6.42 Å². The first-order chi connectivity index (χ1) is 6.88. The van der Waals surface area contributed by atoms with Crippen LogP contribution in [0.2, 0.25) is 0 Å². The Morgan fingerprint density at radius 2 is 1.73 bits per heavy atom. The van der Waals surface area contributed by atoms with E-state index >= 15 is 0 Å². The predicted octanol–water partition coefficient (Wildman–Crippen LogP) is 2.21. The number of esters is 1. The van der Waals surface area contributed by atoms with Crippen LogP contribution in [0.25, 0.3) is 0 Å². The first kappa shape index (κ1) is 14.4. The van der Waals surface area contributed by atoms with Crippen molar-refractivity contribution in [2.75, 3.05) is 7.11 Å². The van der Waals surface area contributed by atoms with Gasteiger partial charge in [0.25, 0.3) is 0 Å². The topological polar surface area (TPSA) is 38.3 Å². The van der Waals surface area contributed by atoms with Crippen molar-refractivity contribution in [1.29, 1.82) is 0 Å². The summed E-state index contributed by atoms with van der Waals surface area (Å²) in [4.78, 5) is 11.5. The van der Waals surface area contributed by atoms with Crippen LogP contribution < -0.4 is 5.32 Å². The smallest absolute Gasteiger partial charge is 0.323 e. The van der Waals surface area contributed by atoms with E-state index in [1.54, 1.807) is 0 Å². The molecule has 0 heterocycles. The van der Waals surface area contributed by atoms with Crippen molar-refractivity contribution >= 4 is 5.97 Å². The zero-order chi connectivity index (χ0) is 12.0. The predicted molar refractivity (Wildman–Crippen MR) is 62.7 cm³/mol. The summed E-state index contributed by atoms with van der Waals surface area (Å²) in [7, 11) is 1.44. The minimum atomic E-state index is -0.191. The molecule has 1 unspecified atom stereocenters. The molecule has 0 aliphatic heterocycles. The van der Waals surface area contributed by atoms with E-state index in [1.165, 1.54) is 7.11 Å². The molecular formula is C12H25NO2. The lowest BCUT2D eigenvalue weighted by molar-refractivity contribution is -0.144. The average molecular weight is 215 g/mol. The molecule has 0 bridgehead atoms. The largest absolute Gasteiger partial charge is 0.468 e. The van der Waals surface area contributed by atoms with E-state index < -0.39 is 0 Å². The summed E-state index contributed by atoms with van der Waals surface area (Å²) >= 11 is 0. The number of carbonyl (C=O) groups excluding carboxylic acids is 1. The molecule has 0 aromatic heterocycles. The normalized spacial score (nSPS) is 15.5. The molecule has 3 heteroatoms. The fourth-order valence-electron chi connectivity index (χ4n) is 1.74. The molecular weight excluding hydrogens is 190 g/mol. The first-order valence-corrected chi connectivity index (χ1v) is 5.72. The third kappa shape index (κ3) is 5.78. The molecule has 0 saturated heterocycles. The van der Waals surface area contributed by atoms with Gasteiger partial charge in [-0.15, -0.1) is 0 Å². The second-order valence-electron chi connectivity index (χ2n) is 4.94. The molecule has 0 spiro atoms. The van der Waals surface area contributed by atoms with Crippen molar-refractivity contribution in [1.82, 2.24) is 5.32 Å². The number of hydrogen-bond donors (Lipinski definition) is 1. The summed E-state index contributed by atoms with van der Waals surface area (Å²) in [5.41, 5.74) is 0. The molecule has 0 saturated carbocycles. The SMILES string of the molecule is COC(=O)[C@@H](NC(C)CC(C)C)C(C)C. The molecule has 90 valence electrons. The summed E-state index contributed by atoms with van der Waals surface area (Å²) in [6, 6.07) is 0.153. The molecule has 3 nitrogen and oxygen atoms in total. The molecule has 0 radical (unpaired) electrons. The lowest BCUT2D eigenvalue weighted by Crippen LogP contribution is -2.46. The maximum Gasteiger partial charge on any atom is 0.323 e. The summed E-state index contributed by atoms with van der Waals surface area (Å²) < 4.78 is 4.78. The number of methoxy groups -OCH3 is 1. The summed E-state index contributed by atoms with van der Waals surface area (Å²) in [6.45, 7) is 10.5. The molecule has 0 aliphatic rings. The standard InChI is InChI=1S/C12H25NO2/c1-8(2)7-10(5)13-11(9(3)4)12(14)15-6/h8-11,13H,7H2,1-6H3/t10?,11-/m0/s1. The van der Waals surface area contributed by atoms with Crippen LogP contribution in [0.5, 0.6) is 0 Å². The maximum atomic E-state index is 11.5. The van der Waals surface area contributed by atoms with Crippen LogP contribution in [-0.2, 0) is 9.53 Å². The van der Waals surface area contributed by atoms with E-state index in [9.17, 15) is 4.79 Å². The van der Waals surface area contributed by atoms with Gasteiger partial charge in [0.1, 0.15) is 6.04 Å². The molecule has 0 aliphatic carbocycles. The van der Waals surface area contributed by atoms with Crippen molar-refractivity contribution in [3.05, 3.63) is 0 Å². The molecule has 0 amide bonds. The quantitative estimate of drug-likeness (QED) is 0.690.